The van der Waals surface area contributed by atoms with Crippen LogP contribution >= 0.6 is 8.69 Å². The van der Waals surface area contributed by atoms with Crippen molar-refractivity contribution in [2.45, 2.75) is 0 Å². The Morgan fingerprint density at radius 1 is 1.83 bits per heavy atom. The van der Waals surface area contributed by atoms with Crippen molar-refractivity contribution < 1.29 is 14.2 Å². The van der Waals surface area contributed by atoms with Crippen LogP contribution in [-0.4, -0.2) is 41.5 Å². The summed E-state index contributed by atoms with van der Waals surface area (Å²) in [5, 5.41) is 7.64. The average Bonchev–Trinajstić information content (AvgIpc) is 1.41. The van der Waals surface area contributed by atoms with Crippen LogP contribution in [0.2, 0.25) is 0 Å². The molecule has 3 nitrogen and oxygen atoms in total. The van der Waals surface area contributed by atoms with Crippen LogP contribution in [0.3, 0.4) is 0 Å². The van der Waals surface area contributed by atoms with Crippen molar-refractivity contribution in [3.63, 3.8) is 0 Å². The molecule has 0 aliphatic carbocycles. The van der Waals surface area contributed by atoms with Crippen molar-refractivity contribution in [2.24, 2.45) is 0 Å². The van der Waals surface area contributed by atoms with Gasteiger partial charge in [-0.15, -0.1) is 0 Å². The van der Waals surface area contributed by atoms with Gasteiger partial charge in [-0.05, 0) is 0 Å². The van der Waals surface area contributed by atoms with E-state index in [-0.39, 0.29) is 29.6 Å². The molecule has 0 saturated carbocycles. The van der Waals surface area contributed by atoms with Crippen LogP contribution in [0.4, 0.5) is 0 Å². The maximum absolute atomic E-state index is 9.12. The molecular weight excluding hydrogens is 114 g/mol. The van der Waals surface area contributed by atoms with Gasteiger partial charge in [0.25, 0.3) is 0 Å². The zero-order valence-corrected chi connectivity index (χ0v) is 3.31. The molecule has 0 aliphatic rings. The molecule has 32 valence electrons. The van der Waals surface area contributed by atoms with E-state index in [0.29, 0.717) is 0 Å². The Labute approximate surface area is 59.3 Å². The van der Waals surface area contributed by atoms with E-state index in [4.69, 9.17) is 9.67 Å². The van der Waals surface area contributed by atoms with Gasteiger partial charge in [-0.3, -0.25) is 4.52 Å². The zero-order chi connectivity index (χ0) is 4.12. The van der Waals surface area contributed by atoms with E-state index in [1.165, 1.54) is 0 Å². The first-order valence-corrected chi connectivity index (χ1v) is 1.70. The molecule has 0 aromatic rings. The summed E-state index contributed by atoms with van der Waals surface area (Å²) in [6.07, 6.45) is 0. The van der Waals surface area contributed by atoms with E-state index in [0.717, 1.165) is 0 Å². The SMILES string of the molecule is O=POCO.[NaH]. The number of hydrogen-bond acceptors (Lipinski definition) is 3. The van der Waals surface area contributed by atoms with Crippen molar-refractivity contribution >= 4 is 38.2 Å². The predicted octanol–water partition coefficient (Wildman–Crippen LogP) is -0.489. The first kappa shape index (κ1) is 10.1. The van der Waals surface area contributed by atoms with Crippen LogP contribution in [0.5, 0.6) is 0 Å². The predicted molar refractivity (Wildman–Crippen MR) is 22.9 cm³/mol. The second-order valence-electron chi connectivity index (χ2n) is 0.333. The molecule has 6 heavy (non-hydrogen) atoms. The fourth-order valence-corrected chi connectivity index (χ4v) is 0.0707. The Hall–Kier alpha value is 1.02. The molecular formula is CH4NaO3P. The van der Waals surface area contributed by atoms with Crippen molar-refractivity contribution in [2.75, 3.05) is 6.79 Å². The van der Waals surface area contributed by atoms with Crippen LogP contribution < -0.4 is 0 Å². The molecule has 0 amide bonds. The number of aliphatic hydroxyl groups is 1. The van der Waals surface area contributed by atoms with Gasteiger partial charge < -0.3 is 5.11 Å². The average molecular weight is 118 g/mol. The van der Waals surface area contributed by atoms with Crippen molar-refractivity contribution in [1.29, 1.82) is 0 Å². The van der Waals surface area contributed by atoms with E-state index >= 15 is 0 Å². The van der Waals surface area contributed by atoms with Gasteiger partial charge in [0.1, 0.15) is 0 Å². The molecule has 0 aromatic heterocycles. The van der Waals surface area contributed by atoms with Crippen LogP contribution in [0.1, 0.15) is 0 Å². The van der Waals surface area contributed by atoms with E-state index in [1.807, 2.05) is 0 Å². The fourth-order valence-electron chi connectivity index (χ4n) is 0.0236. The molecule has 5 heteroatoms. The van der Waals surface area contributed by atoms with Gasteiger partial charge in [-0.25, -0.2) is 4.57 Å². The van der Waals surface area contributed by atoms with Crippen LogP contribution in [0.15, 0.2) is 0 Å². The van der Waals surface area contributed by atoms with E-state index in [1.54, 1.807) is 0 Å². The normalized spacial score (nSPS) is 7.50. The van der Waals surface area contributed by atoms with Crippen LogP contribution in [-0.2, 0) is 9.09 Å². The standard InChI is InChI=1S/CH3O3P.Na.H/c2-1-4-5-3;;/h2H,1H2;;. The molecule has 0 heterocycles. The van der Waals surface area contributed by atoms with Crippen LogP contribution in [0, 0.1) is 0 Å². The Morgan fingerprint density at radius 2 is 2.33 bits per heavy atom. The summed E-state index contributed by atoms with van der Waals surface area (Å²) in [6, 6.07) is 0. The summed E-state index contributed by atoms with van der Waals surface area (Å²) >= 11 is 0. The van der Waals surface area contributed by atoms with Gasteiger partial charge in [-0.1, -0.05) is 0 Å². The second kappa shape index (κ2) is 9.39. The first-order valence-electron chi connectivity index (χ1n) is 0.970. The van der Waals surface area contributed by atoms with Crippen molar-refractivity contribution in [3.8, 4) is 0 Å². The van der Waals surface area contributed by atoms with Gasteiger partial charge in [0.15, 0.2) is 6.79 Å². The Morgan fingerprint density at radius 3 is 2.33 bits per heavy atom. The van der Waals surface area contributed by atoms with Gasteiger partial charge in [0.05, 0.1) is 0 Å². The molecule has 0 atom stereocenters. The summed E-state index contributed by atoms with van der Waals surface area (Å²) in [7, 11) is -0.470. The molecule has 0 rings (SSSR count). The van der Waals surface area contributed by atoms with E-state index in [9.17, 15) is 0 Å². The summed E-state index contributed by atoms with van der Waals surface area (Å²) in [4.78, 5) is 0. The molecule has 0 spiro atoms. The second-order valence-corrected chi connectivity index (χ2v) is 0.740. The Bertz CT molecular complexity index is 32.0. The number of rotatable bonds is 2. The molecule has 1 N–H and O–H groups in total. The van der Waals surface area contributed by atoms with Crippen molar-refractivity contribution in [1.82, 2.24) is 0 Å². The van der Waals surface area contributed by atoms with Gasteiger partial charge in [0, 0.05) is 0 Å². The molecule has 0 bridgehead atoms. The Kier molecular flexibility index (Phi) is 15.8. The monoisotopic (exact) mass is 118 g/mol. The quantitative estimate of drug-likeness (QED) is 0.302. The van der Waals surface area contributed by atoms with E-state index in [2.05, 4.69) is 4.52 Å². The molecule has 0 radical (unpaired) electrons. The zero-order valence-electron chi connectivity index (χ0n) is 2.42. The van der Waals surface area contributed by atoms with Crippen LogP contribution in [0.25, 0.3) is 0 Å². The maximum atomic E-state index is 9.12. The number of hydrogen-bond donors (Lipinski definition) is 1. The summed E-state index contributed by atoms with van der Waals surface area (Å²) in [5.74, 6) is 0. The molecule has 0 aromatic carbocycles. The number of aliphatic hydroxyl groups excluding tert-OH is 1. The molecule has 0 aliphatic heterocycles. The third kappa shape index (κ3) is 8.89. The minimum absolute atomic E-state index is 0. The molecule has 0 unspecified atom stereocenters. The first-order chi connectivity index (χ1) is 2.41. The fraction of sp³-hybridized carbons (Fsp3) is 1.00. The molecule has 0 saturated heterocycles. The van der Waals surface area contributed by atoms with Gasteiger partial charge in [-0.2, -0.15) is 0 Å². The third-order valence-electron chi connectivity index (χ3n) is 0.110. The molecule has 0 fully saturated rings. The summed E-state index contributed by atoms with van der Waals surface area (Å²) in [5.41, 5.74) is 0. The Balaban J connectivity index is 0. The van der Waals surface area contributed by atoms with Crippen molar-refractivity contribution in [3.05, 3.63) is 0 Å². The minimum atomic E-state index is -0.481. The van der Waals surface area contributed by atoms with Gasteiger partial charge in [0.2, 0.25) is 0 Å². The topological polar surface area (TPSA) is 46.5 Å². The third-order valence-corrected chi connectivity index (χ3v) is 0.331. The van der Waals surface area contributed by atoms with E-state index < -0.39 is 15.5 Å². The van der Waals surface area contributed by atoms with Gasteiger partial charge >= 0.3 is 38.2 Å². The summed E-state index contributed by atoms with van der Waals surface area (Å²) in [6.45, 7) is -0.481. The summed E-state index contributed by atoms with van der Waals surface area (Å²) < 4.78 is 12.9.